The predicted molar refractivity (Wildman–Crippen MR) is 76.5 cm³/mol. The number of urea groups is 1. The zero-order valence-electron chi connectivity index (χ0n) is 11.3. The maximum Gasteiger partial charge on any atom is 0.335 e. The molecule has 0 spiro atoms. The molecular formula is C13H17ClN2O4. The van der Waals surface area contributed by atoms with Gasteiger partial charge in [0.25, 0.3) is 0 Å². The lowest BCUT2D eigenvalue weighted by Gasteiger charge is -2.14. The summed E-state index contributed by atoms with van der Waals surface area (Å²) in [6, 6.07) is 3.66. The molecule has 0 aliphatic heterocycles. The van der Waals surface area contributed by atoms with Gasteiger partial charge in [-0.15, -0.1) is 0 Å². The molecule has 0 fully saturated rings. The van der Waals surface area contributed by atoms with Crippen molar-refractivity contribution in [3.63, 3.8) is 0 Å². The van der Waals surface area contributed by atoms with Crippen molar-refractivity contribution in [1.29, 1.82) is 0 Å². The highest BCUT2D eigenvalue weighted by Crippen LogP contribution is 2.23. The number of hydrogen-bond acceptors (Lipinski definition) is 3. The van der Waals surface area contributed by atoms with Crippen LogP contribution in [0.25, 0.3) is 0 Å². The Labute approximate surface area is 122 Å². The van der Waals surface area contributed by atoms with Crippen LogP contribution >= 0.6 is 11.6 Å². The van der Waals surface area contributed by atoms with Gasteiger partial charge in [0.1, 0.15) is 0 Å². The third kappa shape index (κ3) is 5.07. The number of aromatic carboxylic acids is 1. The molecule has 110 valence electrons. The Morgan fingerprint density at radius 1 is 1.45 bits per heavy atom. The molecule has 0 radical (unpaired) electrons. The molecule has 1 aromatic rings. The topological polar surface area (TPSA) is 87.7 Å². The molecule has 0 saturated heterocycles. The fourth-order valence-corrected chi connectivity index (χ4v) is 1.73. The Hall–Kier alpha value is -1.79. The number of carboxylic acids is 1. The summed E-state index contributed by atoms with van der Waals surface area (Å²) in [5, 5.41) is 14.3. The molecule has 0 bridgehead atoms. The molecule has 1 aromatic carbocycles. The summed E-state index contributed by atoms with van der Waals surface area (Å²) in [4.78, 5) is 22.5. The van der Waals surface area contributed by atoms with Gasteiger partial charge in [0, 0.05) is 19.8 Å². The Kier molecular flexibility index (Phi) is 6.27. The summed E-state index contributed by atoms with van der Waals surface area (Å²) in [6.45, 7) is 2.41. The van der Waals surface area contributed by atoms with Crippen molar-refractivity contribution in [1.82, 2.24) is 5.32 Å². The molecule has 3 N–H and O–H groups in total. The number of halogens is 1. The second-order valence-corrected chi connectivity index (χ2v) is 4.69. The number of benzene rings is 1. The molecule has 6 nitrogen and oxygen atoms in total. The Balaban J connectivity index is 2.60. The lowest BCUT2D eigenvalue weighted by molar-refractivity contribution is 0.0697. The standard InChI is InChI=1S/C13H17ClN2O4/c1-8(5-6-20-2)15-13(19)16-11-4-3-9(12(17)18)7-10(11)14/h3-4,7-8H,5-6H2,1-2H3,(H,17,18)(H2,15,16,19). The van der Waals surface area contributed by atoms with E-state index < -0.39 is 12.0 Å². The molecule has 1 unspecified atom stereocenters. The van der Waals surface area contributed by atoms with Gasteiger partial charge in [0.15, 0.2) is 0 Å². The fraction of sp³-hybridized carbons (Fsp3) is 0.385. The van der Waals surface area contributed by atoms with Gasteiger partial charge in [-0.05, 0) is 31.5 Å². The lowest BCUT2D eigenvalue weighted by atomic mass is 10.2. The molecule has 0 aliphatic carbocycles. The van der Waals surface area contributed by atoms with Crippen LogP contribution in [0.2, 0.25) is 5.02 Å². The van der Waals surface area contributed by atoms with Gasteiger partial charge < -0.3 is 20.5 Å². The highest BCUT2D eigenvalue weighted by molar-refractivity contribution is 6.34. The number of hydrogen-bond donors (Lipinski definition) is 3. The first-order chi connectivity index (χ1) is 9.43. The van der Waals surface area contributed by atoms with E-state index in [4.69, 9.17) is 21.4 Å². The highest BCUT2D eigenvalue weighted by atomic mass is 35.5. The third-order valence-corrected chi connectivity index (χ3v) is 2.91. The smallest absolute Gasteiger partial charge is 0.335 e. The molecule has 7 heteroatoms. The summed E-state index contributed by atoms with van der Waals surface area (Å²) in [6.07, 6.45) is 0.690. The van der Waals surface area contributed by atoms with Crippen molar-refractivity contribution in [2.45, 2.75) is 19.4 Å². The van der Waals surface area contributed by atoms with E-state index in [9.17, 15) is 9.59 Å². The van der Waals surface area contributed by atoms with Crippen LogP contribution in [-0.4, -0.2) is 36.9 Å². The molecule has 0 saturated carbocycles. The van der Waals surface area contributed by atoms with E-state index in [1.165, 1.54) is 18.2 Å². The molecule has 20 heavy (non-hydrogen) atoms. The van der Waals surface area contributed by atoms with E-state index in [1.807, 2.05) is 6.92 Å². The normalized spacial score (nSPS) is 11.8. The largest absolute Gasteiger partial charge is 0.478 e. The fourth-order valence-electron chi connectivity index (χ4n) is 1.50. The molecule has 1 atom stereocenters. The molecular weight excluding hydrogens is 284 g/mol. The van der Waals surface area contributed by atoms with Crippen LogP contribution in [0.4, 0.5) is 10.5 Å². The predicted octanol–water partition coefficient (Wildman–Crippen LogP) is 2.58. The maximum absolute atomic E-state index is 11.7. The second kappa shape index (κ2) is 7.72. The van der Waals surface area contributed by atoms with Gasteiger partial charge in [-0.1, -0.05) is 11.6 Å². The molecule has 0 aromatic heterocycles. The molecule has 1 rings (SSSR count). The number of ether oxygens (including phenoxy) is 1. The van der Waals surface area contributed by atoms with Crippen LogP contribution in [0.5, 0.6) is 0 Å². The van der Waals surface area contributed by atoms with Crippen molar-refractivity contribution in [2.24, 2.45) is 0 Å². The summed E-state index contributed by atoms with van der Waals surface area (Å²) in [7, 11) is 1.59. The first kappa shape index (κ1) is 16.3. The number of nitrogens with one attached hydrogen (secondary N) is 2. The van der Waals surface area contributed by atoms with Crippen LogP contribution in [0.15, 0.2) is 18.2 Å². The van der Waals surface area contributed by atoms with E-state index in [2.05, 4.69) is 10.6 Å². The molecule has 0 aliphatic rings. The van der Waals surface area contributed by atoms with Crippen LogP contribution in [0, 0.1) is 0 Å². The summed E-state index contributed by atoms with van der Waals surface area (Å²) >= 11 is 5.91. The zero-order valence-corrected chi connectivity index (χ0v) is 12.0. The van der Waals surface area contributed by atoms with Gasteiger partial charge in [0.05, 0.1) is 16.3 Å². The lowest BCUT2D eigenvalue weighted by Crippen LogP contribution is -2.36. The summed E-state index contributed by atoms with van der Waals surface area (Å²) < 4.78 is 4.92. The number of amides is 2. The Morgan fingerprint density at radius 2 is 2.15 bits per heavy atom. The number of carbonyl (C=O) groups excluding carboxylic acids is 1. The minimum atomic E-state index is -1.07. The van der Waals surface area contributed by atoms with Gasteiger partial charge in [-0.25, -0.2) is 9.59 Å². The van der Waals surface area contributed by atoms with E-state index in [1.54, 1.807) is 7.11 Å². The number of rotatable bonds is 6. The van der Waals surface area contributed by atoms with Crippen molar-refractivity contribution in [3.05, 3.63) is 28.8 Å². The Morgan fingerprint density at radius 3 is 2.70 bits per heavy atom. The maximum atomic E-state index is 11.7. The van der Waals surface area contributed by atoms with Crippen LogP contribution in [0.1, 0.15) is 23.7 Å². The van der Waals surface area contributed by atoms with E-state index >= 15 is 0 Å². The van der Waals surface area contributed by atoms with E-state index in [0.29, 0.717) is 18.7 Å². The van der Waals surface area contributed by atoms with Crippen molar-refractivity contribution in [2.75, 3.05) is 19.0 Å². The molecule has 0 heterocycles. The van der Waals surface area contributed by atoms with E-state index in [-0.39, 0.29) is 16.6 Å². The first-order valence-electron chi connectivity index (χ1n) is 6.03. The van der Waals surface area contributed by atoms with Gasteiger partial charge >= 0.3 is 12.0 Å². The van der Waals surface area contributed by atoms with E-state index in [0.717, 1.165) is 0 Å². The average molecular weight is 301 g/mol. The Bertz CT molecular complexity index is 493. The summed E-state index contributed by atoms with van der Waals surface area (Å²) in [5.74, 6) is -1.07. The quantitative estimate of drug-likeness (QED) is 0.753. The number of carbonyl (C=O) groups is 2. The second-order valence-electron chi connectivity index (χ2n) is 4.28. The number of methoxy groups -OCH3 is 1. The van der Waals surface area contributed by atoms with Gasteiger partial charge in [-0.2, -0.15) is 0 Å². The summed E-state index contributed by atoms with van der Waals surface area (Å²) in [5.41, 5.74) is 0.419. The van der Waals surface area contributed by atoms with Crippen LogP contribution in [0.3, 0.4) is 0 Å². The number of carboxylic acid groups (broad SMARTS) is 1. The molecule has 2 amide bonds. The van der Waals surface area contributed by atoms with Crippen molar-refractivity contribution in [3.8, 4) is 0 Å². The average Bonchev–Trinajstić information content (AvgIpc) is 2.38. The van der Waals surface area contributed by atoms with Crippen LogP contribution < -0.4 is 10.6 Å². The third-order valence-electron chi connectivity index (χ3n) is 2.60. The number of anilines is 1. The van der Waals surface area contributed by atoms with Crippen molar-refractivity contribution < 1.29 is 19.4 Å². The zero-order chi connectivity index (χ0) is 15.1. The van der Waals surface area contributed by atoms with Gasteiger partial charge in [0.2, 0.25) is 0 Å². The monoisotopic (exact) mass is 300 g/mol. The first-order valence-corrected chi connectivity index (χ1v) is 6.41. The minimum Gasteiger partial charge on any atom is -0.478 e. The van der Waals surface area contributed by atoms with Crippen LogP contribution in [-0.2, 0) is 4.74 Å². The van der Waals surface area contributed by atoms with Crippen molar-refractivity contribution >= 4 is 29.3 Å². The van der Waals surface area contributed by atoms with Gasteiger partial charge in [-0.3, -0.25) is 0 Å². The SMILES string of the molecule is COCCC(C)NC(=O)Nc1ccc(C(=O)O)cc1Cl. The highest BCUT2D eigenvalue weighted by Gasteiger charge is 2.11. The minimum absolute atomic E-state index is 0.0491.